The van der Waals surface area contributed by atoms with Gasteiger partial charge in [-0.1, -0.05) is 55.3 Å². The minimum Gasteiger partial charge on any atom is -0.328 e. The van der Waals surface area contributed by atoms with E-state index in [4.69, 9.17) is 16.6 Å². The molecule has 0 N–H and O–H groups in total. The Kier molecular flexibility index (Phi) is 6.70. The molecule has 0 saturated carbocycles. The molecule has 0 aliphatic carbocycles. The molecule has 0 spiro atoms. The second kappa shape index (κ2) is 9.23. The number of rotatable bonds is 7. The third kappa shape index (κ3) is 4.67. The lowest BCUT2D eigenvalue weighted by Gasteiger charge is -2.30. The number of benzene rings is 2. The number of unbranched alkanes of at least 4 members (excludes halogenated alkanes) is 1. The minimum atomic E-state index is -0.361. The molecule has 0 aliphatic heterocycles. The van der Waals surface area contributed by atoms with Crippen LogP contribution in [-0.2, 0) is 18.4 Å². The summed E-state index contributed by atoms with van der Waals surface area (Å²) in [7, 11) is 1.70. The average Bonchev–Trinajstić information content (AvgIpc) is 2.73. The summed E-state index contributed by atoms with van der Waals surface area (Å²) in [6, 6.07) is 14.6. The third-order valence-corrected chi connectivity index (χ3v) is 5.41. The predicted molar refractivity (Wildman–Crippen MR) is 117 cm³/mol. The zero-order valence-corrected chi connectivity index (χ0v) is 17.8. The summed E-state index contributed by atoms with van der Waals surface area (Å²) < 4.78 is 1.53. The summed E-state index contributed by atoms with van der Waals surface area (Å²) >= 11 is 6.11. The molecule has 3 aromatic rings. The lowest BCUT2D eigenvalue weighted by atomic mass is 10.1. The van der Waals surface area contributed by atoms with Crippen LogP contribution < -0.4 is 5.56 Å². The highest BCUT2D eigenvalue weighted by molar-refractivity contribution is 6.31. The summed E-state index contributed by atoms with van der Waals surface area (Å²) in [4.78, 5) is 32.4. The second-order valence-corrected chi connectivity index (χ2v) is 7.72. The van der Waals surface area contributed by atoms with Crippen LogP contribution in [0, 0.1) is 0 Å². The van der Waals surface area contributed by atoms with Crippen LogP contribution in [0.25, 0.3) is 10.9 Å². The van der Waals surface area contributed by atoms with Gasteiger partial charge in [0.15, 0.2) is 0 Å². The molecule has 0 saturated heterocycles. The van der Waals surface area contributed by atoms with Gasteiger partial charge in [0.2, 0.25) is 5.91 Å². The zero-order valence-electron chi connectivity index (χ0n) is 17.1. The molecule has 1 aromatic heterocycles. The first-order valence-electron chi connectivity index (χ1n) is 9.92. The molecule has 1 heterocycles. The van der Waals surface area contributed by atoms with Gasteiger partial charge < -0.3 is 4.90 Å². The van der Waals surface area contributed by atoms with E-state index in [1.165, 1.54) is 4.57 Å². The lowest BCUT2D eigenvalue weighted by molar-refractivity contribution is -0.134. The normalized spacial score (nSPS) is 12.1. The number of hydrogen-bond acceptors (Lipinski definition) is 3. The summed E-state index contributed by atoms with van der Waals surface area (Å²) in [5.41, 5.74) is 1.44. The quantitative estimate of drug-likeness (QED) is 0.557. The smallest absolute Gasteiger partial charge is 0.261 e. The molecule has 2 aromatic carbocycles. The van der Waals surface area contributed by atoms with Gasteiger partial charge in [0.1, 0.15) is 5.82 Å². The van der Waals surface area contributed by atoms with Crippen LogP contribution >= 0.6 is 11.6 Å². The lowest BCUT2D eigenvalue weighted by Crippen LogP contribution is -2.36. The molecule has 0 aliphatic rings. The number of hydrogen-bond donors (Lipinski definition) is 0. The van der Waals surface area contributed by atoms with Crippen molar-refractivity contribution in [2.75, 3.05) is 0 Å². The standard InChI is InChI=1S/C23H26ClN3O2/c1-4-5-11-21(28)27(15-17-9-7-6-8-10-17)16(2)22-25-20-14-18(24)12-13-19(20)23(29)26(22)3/h6-10,12-14,16H,4-5,11,15H2,1-3H3. The first-order valence-corrected chi connectivity index (χ1v) is 10.3. The average molecular weight is 412 g/mol. The number of carbonyl (C=O) groups excluding carboxylic acids is 1. The SMILES string of the molecule is CCCCC(=O)N(Cc1ccccc1)C(C)c1nc2cc(Cl)ccc2c(=O)n1C. The van der Waals surface area contributed by atoms with E-state index in [9.17, 15) is 9.59 Å². The Morgan fingerprint density at radius 1 is 1.21 bits per heavy atom. The topological polar surface area (TPSA) is 55.2 Å². The maximum Gasteiger partial charge on any atom is 0.261 e. The highest BCUT2D eigenvalue weighted by atomic mass is 35.5. The maximum atomic E-state index is 13.0. The van der Waals surface area contributed by atoms with E-state index in [1.54, 1.807) is 25.2 Å². The van der Waals surface area contributed by atoms with Crippen LogP contribution in [-0.4, -0.2) is 20.4 Å². The van der Waals surface area contributed by atoms with Crippen molar-refractivity contribution in [3.05, 3.63) is 75.3 Å². The van der Waals surface area contributed by atoms with Crippen molar-refractivity contribution in [1.29, 1.82) is 0 Å². The molecule has 6 heteroatoms. The van der Waals surface area contributed by atoms with Gasteiger partial charge >= 0.3 is 0 Å². The van der Waals surface area contributed by atoms with Crippen LogP contribution in [0.3, 0.4) is 0 Å². The second-order valence-electron chi connectivity index (χ2n) is 7.28. The molecule has 1 amide bonds. The molecule has 152 valence electrons. The van der Waals surface area contributed by atoms with E-state index >= 15 is 0 Å². The van der Waals surface area contributed by atoms with Crippen molar-refractivity contribution >= 4 is 28.4 Å². The number of fused-ring (bicyclic) bond motifs is 1. The molecule has 1 unspecified atom stereocenters. The van der Waals surface area contributed by atoms with E-state index in [1.807, 2.05) is 42.2 Å². The van der Waals surface area contributed by atoms with Gasteiger partial charge in [-0.05, 0) is 37.1 Å². The Bertz CT molecular complexity index is 1060. The van der Waals surface area contributed by atoms with E-state index in [0.29, 0.717) is 34.7 Å². The largest absolute Gasteiger partial charge is 0.328 e. The number of nitrogens with zero attached hydrogens (tertiary/aromatic N) is 3. The Balaban J connectivity index is 2.04. The van der Waals surface area contributed by atoms with Crippen molar-refractivity contribution in [3.63, 3.8) is 0 Å². The molecule has 29 heavy (non-hydrogen) atoms. The molecule has 5 nitrogen and oxygen atoms in total. The summed E-state index contributed by atoms with van der Waals surface area (Å²) in [6.45, 7) is 4.45. The summed E-state index contributed by atoms with van der Waals surface area (Å²) in [5, 5.41) is 1.04. The van der Waals surface area contributed by atoms with Gasteiger partial charge in [-0.3, -0.25) is 14.2 Å². The minimum absolute atomic E-state index is 0.0589. The van der Waals surface area contributed by atoms with Crippen LogP contribution in [0.15, 0.2) is 53.3 Å². The molecule has 3 rings (SSSR count). The fourth-order valence-electron chi connectivity index (χ4n) is 3.47. The van der Waals surface area contributed by atoms with Crippen molar-refractivity contribution in [2.45, 2.75) is 45.7 Å². The van der Waals surface area contributed by atoms with Crippen LogP contribution in [0.5, 0.6) is 0 Å². The number of amides is 1. The van der Waals surface area contributed by atoms with Crippen LogP contribution in [0.1, 0.15) is 50.5 Å². The third-order valence-electron chi connectivity index (χ3n) is 5.17. The fraction of sp³-hybridized carbons (Fsp3) is 0.348. The van der Waals surface area contributed by atoms with Crippen molar-refractivity contribution in [1.82, 2.24) is 14.5 Å². The van der Waals surface area contributed by atoms with Gasteiger partial charge in [0.05, 0.1) is 16.9 Å². The number of carbonyl (C=O) groups is 1. The molecule has 0 fully saturated rings. The maximum absolute atomic E-state index is 13.0. The van der Waals surface area contributed by atoms with Gasteiger partial charge in [-0.25, -0.2) is 4.98 Å². The Hall–Kier alpha value is -2.66. The highest BCUT2D eigenvalue weighted by Gasteiger charge is 2.25. The first kappa shape index (κ1) is 21.1. The van der Waals surface area contributed by atoms with Crippen molar-refractivity contribution in [3.8, 4) is 0 Å². The Morgan fingerprint density at radius 3 is 2.62 bits per heavy atom. The predicted octanol–water partition coefficient (Wildman–Crippen LogP) is 4.87. The molecule has 1 atom stereocenters. The van der Waals surface area contributed by atoms with Gasteiger partial charge in [-0.2, -0.15) is 0 Å². The van der Waals surface area contributed by atoms with Crippen LogP contribution in [0.2, 0.25) is 5.02 Å². The number of halogens is 1. The molecule has 0 bridgehead atoms. The molecule has 0 radical (unpaired) electrons. The van der Waals surface area contributed by atoms with E-state index in [0.717, 1.165) is 18.4 Å². The van der Waals surface area contributed by atoms with Gasteiger partial charge in [-0.15, -0.1) is 0 Å². The van der Waals surface area contributed by atoms with Crippen molar-refractivity contribution < 1.29 is 4.79 Å². The van der Waals surface area contributed by atoms with Crippen molar-refractivity contribution in [2.24, 2.45) is 7.05 Å². The first-order chi connectivity index (χ1) is 13.9. The summed E-state index contributed by atoms with van der Waals surface area (Å²) in [5.74, 6) is 0.606. The number of aromatic nitrogens is 2. The van der Waals surface area contributed by atoms with E-state index in [-0.39, 0.29) is 17.5 Å². The van der Waals surface area contributed by atoms with E-state index in [2.05, 4.69) is 6.92 Å². The van der Waals surface area contributed by atoms with Gasteiger partial charge in [0, 0.05) is 25.0 Å². The van der Waals surface area contributed by atoms with E-state index < -0.39 is 0 Å². The molecular formula is C23H26ClN3O2. The fourth-order valence-corrected chi connectivity index (χ4v) is 3.63. The highest BCUT2D eigenvalue weighted by Crippen LogP contribution is 2.24. The Labute approximate surface area is 175 Å². The monoisotopic (exact) mass is 411 g/mol. The Morgan fingerprint density at radius 2 is 1.93 bits per heavy atom. The molecular weight excluding hydrogens is 386 g/mol. The van der Waals surface area contributed by atoms with Gasteiger partial charge in [0.25, 0.3) is 5.56 Å². The zero-order chi connectivity index (χ0) is 21.0. The summed E-state index contributed by atoms with van der Waals surface area (Å²) in [6.07, 6.45) is 2.25. The van der Waals surface area contributed by atoms with Crippen LogP contribution in [0.4, 0.5) is 0 Å².